The van der Waals surface area contributed by atoms with Crippen LogP contribution in [0.15, 0.2) is 91.4 Å². The molecule has 0 bridgehead atoms. The minimum atomic E-state index is -0.393. The second-order valence-corrected chi connectivity index (χ2v) is 11.0. The number of pyridine rings is 3. The molecule has 1 aliphatic rings. The normalized spacial score (nSPS) is 14.0. The predicted molar refractivity (Wildman–Crippen MR) is 171 cm³/mol. The molecule has 11 heteroatoms. The molecule has 1 fully saturated rings. The quantitative estimate of drug-likeness (QED) is 0.241. The number of anilines is 2. The van der Waals surface area contributed by atoms with Gasteiger partial charge in [-0.3, -0.25) is 14.5 Å². The maximum atomic E-state index is 13.5. The second-order valence-electron chi connectivity index (χ2n) is 11.0. The number of halogens is 1. The van der Waals surface area contributed by atoms with Gasteiger partial charge in [0.1, 0.15) is 29.2 Å². The summed E-state index contributed by atoms with van der Waals surface area (Å²) in [5.41, 5.74) is 12.1. The number of likely N-dealkylation sites (tertiary alicyclic amines) is 1. The van der Waals surface area contributed by atoms with Crippen molar-refractivity contribution in [2.45, 2.75) is 25.4 Å². The number of nitrogens with one attached hydrogen (secondary N) is 1. The van der Waals surface area contributed by atoms with E-state index in [9.17, 15) is 4.39 Å². The molecule has 0 aliphatic carbocycles. The molecule has 0 atom stereocenters. The number of nitriles is 1. The van der Waals surface area contributed by atoms with Crippen molar-refractivity contribution >= 4 is 22.7 Å². The zero-order valence-electron chi connectivity index (χ0n) is 24.3. The number of piperidine rings is 1. The first kappa shape index (κ1) is 28.1. The zero-order valence-corrected chi connectivity index (χ0v) is 24.3. The number of fused-ring (bicyclic) bond motifs is 1. The number of benzene rings is 1. The van der Waals surface area contributed by atoms with Gasteiger partial charge in [-0.2, -0.15) is 5.26 Å². The summed E-state index contributed by atoms with van der Waals surface area (Å²) in [6, 6.07) is 25.4. The molecule has 222 valence electrons. The van der Waals surface area contributed by atoms with Crippen molar-refractivity contribution < 1.29 is 4.39 Å². The fourth-order valence-corrected chi connectivity index (χ4v) is 5.79. The van der Waals surface area contributed by atoms with E-state index in [1.165, 1.54) is 17.8 Å². The molecule has 0 unspecified atom stereocenters. The molecule has 0 spiro atoms. The van der Waals surface area contributed by atoms with E-state index < -0.39 is 5.82 Å². The summed E-state index contributed by atoms with van der Waals surface area (Å²) in [5, 5.41) is 13.4. The maximum Gasteiger partial charge on any atom is 0.234 e. The summed E-state index contributed by atoms with van der Waals surface area (Å²) in [5.74, 6) is 0.903. The maximum absolute atomic E-state index is 13.5. The minimum Gasteiger partial charge on any atom is -0.383 e. The van der Waals surface area contributed by atoms with Gasteiger partial charge in [0, 0.05) is 54.7 Å². The minimum absolute atomic E-state index is 0.172. The van der Waals surface area contributed by atoms with E-state index in [4.69, 9.17) is 16.0 Å². The van der Waals surface area contributed by atoms with Crippen molar-refractivity contribution in [2.24, 2.45) is 0 Å². The predicted octanol–water partition coefficient (Wildman–Crippen LogP) is 5.61. The van der Waals surface area contributed by atoms with Crippen LogP contribution in [0.25, 0.3) is 39.4 Å². The Labute approximate surface area is 259 Å². The lowest BCUT2D eigenvalue weighted by molar-refractivity contribution is 0.211. The summed E-state index contributed by atoms with van der Waals surface area (Å²) in [4.78, 5) is 24.2. The Kier molecular flexibility index (Phi) is 7.55. The summed E-state index contributed by atoms with van der Waals surface area (Å²) < 4.78 is 15.6. The lowest BCUT2D eigenvalue weighted by atomic mass is 10.0. The Morgan fingerprint density at radius 3 is 2.49 bits per heavy atom. The van der Waals surface area contributed by atoms with Crippen LogP contribution in [-0.2, 0) is 6.54 Å². The van der Waals surface area contributed by atoms with Crippen molar-refractivity contribution in [3.63, 3.8) is 0 Å². The number of hydrogen-bond donors (Lipinski definition) is 2. The Morgan fingerprint density at radius 1 is 0.911 bits per heavy atom. The molecule has 45 heavy (non-hydrogen) atoms. The van der Waals surface area contributed by atoms with Crippen molar-refractivity contribution in [1.82, 2.24) is 34.4 Å². The van der Waals surface area contributed by atoms with Crippen LogP contribution in [0.1, 0.15) is 24.2 Å². The largest absolute Gasteiger partial charge is 0.383 e. The van der Waals surface area contributed by atoms with Gasteiger partial charge in [-0.1, -0.05) is 12.1 Å². The first-order valence-corrected chi connectivity index (χ1v) is 14.7. The molecule has 7 rings (SSSR count). The van der Waals surface area contributed by atoms with Crippen molar-refractivity contribution in [2.75, 3.05) is 24.1 Å². The van der Waals surface area contributed by atoms with Gasteiger partial charge < -0.3 is 11.1 Å². The van der Waals surface area contributed by atoms with Crippen LogP contribution in [0.5, 0.6) is 0 Å². The molecule has 1 saturated heterocycles. The molecule has 0 amide bonds. The number of aromatic nitrogens is 6. The number of nitrogen functional groups attached to an aromatic ring is 1. The fraction of sp³-hybridized carbons (Fsp3) is 0.176. The van der Waals surface area contributed by atoms with Crippen LogP contribution in [0.4, 0.5) is 16.0 Å². The molecule has 1 aromatic carbocycles. The average molecular weight is 597 g/mol. The Balaban J connectivity index is 1.13. The van der Waals surface area contributed by atoms with E-state index in [1.807, 2.05) is 30.3 Å². The van der Waals surface area contributed by atoms with Gasteiger partial charge >= 0.3 is 0 Å². The van der Waals surface area contributed by atoms with Crippen molar-refractivity contribution in [3.8, 4) is 34.4 Å². The molecule has 0 radical (unpaired) electrons. The Morgan fingerprint density at radius 2 is 1.73 bits per heavy atom. The average Bonchev–Trinajstić information content (AvgIpc) is 3.45. The van der Waals surface area contributed by atoms with E-state index in [0.29, 0.717) is 29.1 Å². The Bertz CT molecular complexity index is 2010. The molecular formula is C34H29FN10. The highest BCUT2D eigenvalue weighted by atomic mass is 19.1. The third kappa shape index (κ3) is 5.91. The lowest BCUT2D eigenvalue weighted by Gasteiger charge is -2.32. The first-order chi connectivity index (χ1) is 22.0. The number of hydrogen-bond acceptors (Lipinski definition) is 9. The molecule has 1 aliphatic heterocycles. The van der Waals surface area contributed by atoms with Crippen molar-refractivity contribution in [3.05, 3.63) is 109 Å². The van der Waals surface area contributed by atoms with Gasteiger partial charge in [-0.15, -0.1) is 0 Å². The van der Waals surface area contributed by atoms with E-state index >= 15 is 0 Å². The van der Waals surface area contributed by atoms with E-state index in [-0.39, 0.29) is 5.82 Å². The molecular weight excluding hydrogens is 567 g/mol. The third-order valence-electron chi connectivity index (χ3n) is 8.05. The van der Waals surface area contributed by atoms with Gasteiger partial charge in [-0.05, 0) is 79.1 Å². The van der Waals surface area contributed by atoms with Crippen LogP contribution in [0.2, 0.25) is 0 Å². The fourth-order valence-electron chi connectivity index (χ4n) is 5.79. The van der Waals surface area contributed by atoms with Crippen LogP contribution >= 0.6 is 0 Å². The second kappa shape index (κ2) is 12.1. The zero-order chi connectivity index (χ0) is 30.8. The third-order valence-corrected chi connectivity index (χ3v) is 8.05. The van der Waals surface area contributed by atoms with Crippen LogP contribution in [0, 0.1) is 17.1 Å². The van der Waals surface area contributed by atoms with Gasteiger partial charge in [0.25, 0.3) is 0 Å². The smallest absolute Gasteiger partial charge is 0.234 e. The van der Waals surface area contributed by atoms with E-state index in [2.05, 4.69) is 65.1 Å². The standard InChI is InChI=1S/C34H29FN10/c35-24-6-10-28(40-20-24)29-9-5-23-18-30(27-2-1-14-39-33(27)37)45(34(23)42-29)26-7-3-22(4-8-26)21-44-16-12-25(13-17-44)41-31-11-15-38-32(19-36)43-31/h1-11,14-15,18,20,25H,12-13,16-17,21H2,(H2,37,39)(H,38,41,43). The monoisotopic (exact) mass is 596 g/mol. The van der Waals surface area contributed by atoms with Crippen molar-refractivity contribution in [1.29, 1.82) is 5.26 Å². The first-order valence-electron chi connectivity index (χ1n) is 14.7. The molecule has 5 aromatic heterocycles. The lowest BCUT2D eigenvalue weighted by Crippen LogP contribution is -2.38. The van der Waals surface area contributed by atoms with Crippen LogP contribution in [0.3, 0.4) is 0 Å². The van der Waals surface area contributed by atoms with Crippen LogP contribution < -0.4 is 11.1 Å². The summed E-state index contributed by atoms with van der Waals surface area (Å²) in [6.45, 7) is 2.74. The van der Waals surface area contributed by atoms with E-state index in [1.54, 1.807) is 24.5 Å². The van der Waals surface area contributed by atoms with E-state index in [0.717, 1.165) is 60.5 Å². The molecule has 6 heterocycles. The summed E-state index contributed by atoms with van der Waals surface area (Å²) in [7, 11) is 0. The topological polar surface area (TPSA) is 134 Å². The van der Waals surface area contributed by atoms with Gasteiger partial charge in [-0.25, -0.2) is 24.3 Å². The highest BCUT2D eigenvalue weighted by Gasteiger charge is 2.21. The molecule has 6 aromatic rings. The highest BCUT2D eigenvalue weighted by Crippen LogP contribution is 2.34. The molecule has 3 N–H and O–H groups in total. The van der Waals surface area contributed by atoms with Gasteiger partial charge in [0.2, 0.25) is 5.82 Å². The highest BCUT2D eigenvalue weighted by molar-refractivity contribution is 5.90. The number of nitrogens with zero attached hydrogens (tertiary/aromatic N) is 8. The van der Waals surface area contributed by atoms with Gasteiger partial charge in [0.05, 0.1) is 23.3 Å². The number of rotatable bonds is 7. The van der Waals surface area contributed by atoms with Gasteiger partial charge in [0.15, 0.2) is 0 Å². The molecule has 10 nitrogen and oxygen atoms in total. The Hall–Kier alpha value is -5.73. The van der Waals surface area contributed by atoms with Crippen LogP contribution in [-0.4, -0.2) is 53.5 Å². The SMILES string of the molecule is N#Cc1nccc(NC2CCN(Cc3ccc(-n4c(-c5cccnc5N)cc5ccc(-c6ccc(F)cn6)nc54)cc3)CC2)n1. The molecule has 0 saturated carbocycles. The number of nitrogens with two attached hydrogens (primary N) is 1. The summed E-state index contributed by atoms with van der Waals surface area (Å²) in [6.07, 6.45) is 6.44. The summed E-state index contributed by atoms with van der Waals surface area (Å²) >= 11 is 0.